The van der Waals surface area contributed by atoms with Crippen molar-refractivity contribution in [3.63, 3.8) is 0 Å². The summed E-state index contributed by atoms with van der Waals surface area (Å²) in [5, 5.41) is 14.9. The molecule has 2 aromatic heterocycles. The second-order valence-electron chi connectivity index (χ2n) is 7.90. The number of sulfone groups is 1. The van der Waals surface area contributed by atoms with Gasteiger partial charge >= 0.3 is 16.3 Å². The zero-order valence-electron chi connectivity index (χ0n) is 19.8. The quantitative estimate of drug-likeness (QED) is 0.224. The van der Waals surface area contributed by atoms with Gasteiger partial charge in [-0.15, -0.1) is 21.5 Å². The molecule has 18 heteroatoms. The van der Waals surface area contributed by atoms with Crippen molar-refractivity contribution in [2.45, 2.75) is 11.8 Å². The first-order chi connectivity index (χ1) is 18.4. The summed E-state index contributed by atoms with van der Waals surface area (Å²) in [5.41, 5.74) is 1.60. The molecular weight excluding hydrogens is 601 g/mol. The van der Waals surface area contributed by atoms with Gasteiger partial charge in [-0.3, -0.25) is 0 Å². The Hall–Kier alpha value is -3.22. The number of thiazole rings is 1. The number of benzene rings is 2. The summed E-state index contributed by atoms with van der Waals surface area (Å²) in [7, 11) is -7.13. The third-order valence-electron chi connectivity index (χ3n) is 5.10. The highest BCUT2D eigenvalue weighted by Gasteiger charge is 2.36. The number of hydrogen-bond donors (Lipinski definition) is 3. The molecule has 1 atom stereocenters. The van der Waals surface area contributed by atoms with E-state index in [1.54, 1.807) is 24.3 Å². The summed E-state index contributed by atoms with van der Waals surface area (Å²) in [5.74, 6) is -1.62. The standard InChI is InChI=1S/C21H19ClFN5O8S3/c1-35-4-5-38(31,32)18(19-27-26-17(36-19)10-24-39(33,34)28-21(29)30)20-25-15-3-2-11(8-16(15)37-20)12-6-13(22)9-14(23)7-12/h2-3,6-9,18,24,28H,4-5,10H2,1H3,(H,29,30). The molecule has 0 bridgehead atoms. The average Bonchev–Trinajstić information content (AvgIpc) is 3.46. The van der Waals surface area contributed by atoms with E-state index in [4.69, 9.17) is 25.9 Å². The molecule has 3 N–H and O–H groups in total. The lowest BCUT2D eigenvalue weighted by molar-refractivity contribution is 0.201. The first-order valence-electron chi connectivity index (χ1n) is 10.8. The third kappa shape index (κ3) is 7.06. The molecule has 0 saturated carbocycles. The molecule has 0 radical (unpaired) electrons. The van der Waals surface area contributed by atoms with E-state index >= 15 is 0 Å². The number of nitrogens with one attached hydrogen (secondary N) is 2. The highest BCUT2D eigenvalue weighted by Crippen LogP contribution is 2.37. The van der Waals surface area contributed by atoms with Crippen molar-refractivity contribution in [2.24, 2.45) is 0 Å². The van der Waals surface area contributed by atoms with Crippen molar-refractivity contribution >= 4 is 59.3 Å². The highest BCUT2D eigenvalue weighted by atomic mass is 35.5. The summed E-state index contributed by atoms with van der Waals surface area (Å²) in [6.07, 6.45) is -1.81. The van der Waals surface area contributed by atoms with Crippen molar-refractivity contribution in [3.05, 3.63) is 64.0 Å². The molecule has 0 aliphatic rings. The fourth-order valence-electron chi connectivity index (χ4n) is 3.44. The molecule has 0 fully saturated rings. The van der Waals surface area contributed by atoms with Crippen molar-refractivity contribution < 1.29 is 40.3 Å². The number of hydrogen-bond acceptors (Lipinski definition) is 11. The SMILES string of the molecule is COCCS(=O)(=O)C(c1nnc(CNS(=O)(=O)NC(=O)O)o1)c1nc2ccc(-c3cc(F)cc(Cl)c3)cc2s1. The van der Waals surface area contributed by atoms with Crippen LogP contribution in [0, 0.1) is 5.82 Å². The van der Waals surface area contributed by atoms with Gasteiger partial charge in [-0.25, -0.2) is 27.3 Å². The summed E-state index contributed by atoms with van der Waals surface area (Å²) >= 11 is 7.02. The van der Waals surface area contributed by atoms with Gasteiger partial charge < -0.3 is 14.3 Å². The van der Waals surface area contributed by atoms with Gasteiger partial charge in [-0.1, -0.05) is 17.7 Å². The number of carbonyl (C=O) groups is 1. The second kappa shape index (κ2) is 11.5. The van der Waals surface area contributed by atoms with Crippen LogP contribution in [0.2, 0.25) is 5.02 Å². The number of nitrogens with zero attached hydrogens (tertiary/aromatic N) is 3. The largest absolute Gasteiger partial charge is 0.464 e. The molecule has 208 valence electrons. The van der Waals surface area contributed by atoms with E-state index in [1.807, 2.05) is 4.72 Å². The lowest BCUT2D eigenvalue weighted by Gasteiger charge is -2.11. The molecule has 13 nitrogen and oxygen atoms in total. The van der Waals surface area contributed by atoms with Crippen LogP contribution in [-0.4, -0.2) is 62.7 Å². The molecule has 0 aliphatic carbocycles. The van der Waals surface area contributed by atoms with E-state index in [1.165, 1.54) is 24.0 Å². The lowest BCUT2D eigenvalue weighted by Crippen LogP contribution is -2.39. The van der Waals surface area contributed by atoms with Crippen LogP contribution in [-0.2, 0) is 31.3 Å². The molecule has 0 spiro atoms. The third-order valence-corrected chi connectivity index (χ3v) is 9.40. The Labute approximate surface area is 230 Å². The van der Waals surface area contributed by atoms with E-state index in [-0.39, 0.29) is 28.4 Å². The van der Waals surface area contributed by atoms with Gasteiger partial charge in [0.1, 0.15) is 10.8 Å². The zero-order valence-corrected chi connectivity index (χ0v) is 23.0. The van der Waals surface area contributed by atoms with Gasteiger partial charge in [-0.2, -0.15) is 13.1 Å². The molecule has 4 rings (SSSR count). The van der Waals surface area contributed by atoms with E-state index in [0.29, 0.717) is 21.3 Å². The van der Waals surface area contributed by atoms with Gasteiger partial charge in [-0.05, 0) is 41.5 Å². The topological polar surface area (TPSA) is 191 Å². The maximum atomic E-state index is 13.9. The normalized spacial score (nSPS) is 13.0. The summed E-state index contributed by atoms with van der Waals surface area (Å²) in [4.78, 5) is 15.0. The Kier molecular flexibility index (Phi) is 8.48. The van der Waals surface area contributed by atoms with Gasteiger partial charge in [0.15, 0.2) is 15.1 Å². The number of methoxy groups -OCH3 is 1. The predicted octanol–water partition coefficient (Wildman–Crippen LogP) is 2.89. The minimum atomic E-state index is -4.44. The molecular formula is C21H19ClFN5O8S3. The number of fused-ring (bicyclic) bond motifs is 1. The smallest absolute Gasteiger partial charge is 0.419 e. The van der Waals surface area contributed by atoms with Crippen LogP contribution in [0.15, 0.2) is 40.8 Å². The Balaban J connectivity index is 1.70. The number of aromatic nitrogens is 3. The summed E-state index contributed by atoms with van der Waals surface area (Å²) in [6.45, 7) is -0.740. The first kappa shape index (κ1) is 28.8. The molecule has 39 heavy (non-hydrogen) atoms. The Morgan fingerprint density at radius 2 is 1.95 bits per heavy atom. The van der Waals surface area contributed by atoms with Crippen molar-refractivity contribution in [1.82, 2.24) is 24.6 Å². The van der Waals surface area contributed by atoms with Gasteiger partial charge in [0, 0.05) is 12.1 Å². The first-order valence-corrected chi connectivity index (χ1v) is 15.2. The number of halogens is 2. The molecule has 1 unspecified atom stereocenters. The van der Waals surface area contributed by atoms with Crippen LogP contribution in [0.5, 0.6) is 0 Å². The van der Waals surface area contributed by atoms with Crippen molar-refractivity contribution in [1.29, 1.82) is 0 Å². The Morgan fingerprint density at radius 1 is 1.18 bits per heavy atom. The lowest BCUT2D eigenvalue weighted by atomic mass is 10.1. The summed E-state index contributed by atoms with van der Waals surface area (Å²) in [6, 6.07) is 9.12. The molecule has 2 aromatic carbocycles. The number of rotatable bonds is 11. The number of amides is 1. The molecule has 4 aromatic rings. The van der Waals surface area contributed by atoms with E-state index < -0.39 is 49.5 Å². The number of carboxylic acid groups (broad SMARTS) is 1. The van der Waals surface area contributed by atoms with Crippen LogP contribution in [0.1, 0.15) is 22.0 Å². The minimum Gasteiger partial charge on any atom is -0.464 e. The van der Waals surface area contributed by atoms with Crippen LogP contribution >= 0.6 is 22.9 Å². The highest BCUT2D eigenvalue weighted by molar-refractivity contribution is 7.92. The predicted molar refractivity (Wildman–Crippen MR) is 139 cm³/mol. The minimum absolute atomic E-state index is 0.0962. The molecule has 2 heterocycles. The second-order valence-corrected chi connectivity index (χ2v) is 13.1. The van der Waals surface area contributed by atoms with Gasteiger partial charge in [0.2, 0.25) is 11.8 Å². The fraction of sp³-hybridized carbons (Fsp3) is 0.238. The van der Waals surface area contributed by atoms with E-state index in [2.05, 4.69) is 15.2 Å². The maximum absolute atomic E-state index is 13.9. The van der Waals surface area contributed by atoms with E-state index in [9.17, 15) is 26.0 Å². The number of ether oxygens (including phenoxy) is 1. The molecule has 0 aliphatic heterocycles. The Morgan fingerprint density at radius 3 is 2.64 bits per heavy atom. The van der Waals surface area contributed by atoms with Crippen LogP contribution < -0.4 is 9.44 Å². The fourth-order valence-corrected chi connectivity index (χ4v) is 7.24. The van der Waals surface area contributed by atoms with Crippen LogP contribution in [0.25, 0.3) is 21.3 Å². The maximum Gasteiger partial charge on any atom is 0.419 e. The van der Waals surface area contributed by atoms with Gasteiger partial charge in [0.05, 0.1) is 29.1 Å². The molecule has 0 saturated heterocycles. The van der Waals surface area contributed by atoms with Crippen LogP contribution in [0.4, 0.5) is 9.18 Å². The molecule has 1 amide bonds. The van der Waals surface area contributed by atoms with Crippen molar-refractivity contribution in [2.75, 3.05) is 19.5 Å². The monoisotopic (exact) mass is 619 g/mol. The van der Waals surface area contributed by atoms with Gasteiger partial charge in [0.25, 0.3) is 0 Å². The Bertz CT molecular complexity index is 1720. The summed E-state index contributed by atoms with van der Waals surface area (Å²) < 4.78 is 77.9. The van der Waals surface area contributed by atoms with E-state index in [0.717, 1.165) is 11.3 Å². The zero-order chi connectivity index (χ0) is 28.4. The van der Waals surface area contributed by atoms with Crippen LogP contribution in [0.3, 0.4) is 0 Å². The average molecular weight is 620 g/mol. The van der Waals surface area contributed by atoms with Crippen molar-refractivity contribution in [3.8, 4) is 11.1 Å².